The van der Waals surface area contributed by atoms with Gasteiger partial charge in [-0.1, -0.05) is 19.3 Å². The first-order chi connectivity index (χ1) is 10.8. The van der Waals surface area contributed by atoms with Crippen LogP contribution >= 0.6 is 0 Å². The van der Waals surface area contributed by atoms with E-state index in [1.54, 1.807) is 0 Å². The van der Waals surface area contributed by atoms with E-state index in [-0.39, 0.29) is 0 Å². The summed E-state index contributed by atoms with van der Waals surface area (Å²) >= 11 is 0. The molecule has 0 amide bonds. The van der Waals surface area contributed by atoms with Gasteiger partial charge in [0.25, 0.3) is 0 Å². The Morgan fingerprint density at radius 1 is 1.05 bits per heavy atom. The Hall–Kier alpha value is -0.770. The van der Waals surface area contributed by atoms with Crippen molar-refractivity contribution in [3.8, 4) is 0 Å². The molecule has 4 heteroatoms. The average molecular weight is 306 g/mol. The zero-order valence-corrected chi connectivity index (χ0v) is 14.3. The molecule has 3 rings (SSSR count). The first-order valence-electron chi connectivity index (χ1n) is 9.64. The Labute approximate surface area is 136 Å². The van der Waals surface area contributed by atoms with Crippen molar-refractivity contribution in [2.75, 3.05) is 26.2 Å². The fraction of sp³-hybridized carbons (Fsp3) is 0.944. The molecule has 3 aliphatic carbocycles. The lowest BCUT2D eigenvalue weighted by Gasteiger charge is -2.25. The third kappa shape index (κ3) is 5.45. The van der Waals surface area contributed by atoms with Crippen molar-refractivity contribution in [3.05, 3.63) is 0 Å². The van der Waals surface area contributed by atoms with Gasteiger partial charge in [-0.25, -0.2) is 0 Å². The second kappa shape index (κ2) is 8.19. The van der Waals surface area contributed by atoms with Crippen molar-refractivity contribution < 1.29 is 0 Å². The predicted molar refractivity (Wildman–Crippen MR) is 93.3 cm³/mol. The highest BCUT2D eigenvalue weighted by atomic mass is 15.2. The molecule has 0 atom stereocenters. The van der Waals surface area contributed by atoms with Crippen molar-refractivity contribution in [1.29, 1.82) is 0 Å². The van der Waals surface area contributed by atoms with E-state index in [0.29, 0.717) is 6.04 Å². The summed E-state index contributed by atoms with van der Waals surface area (Å²) in [7, 11) is 0. The van der Waals surface area contributed by atoms with Crippen LogP contribution in [0.4, 0.5) is 0 Å². The van der Waals surface area contributed by atoms with Crippen LogP contribution < -0.4 is 10.6 Å². The molecule has 126 valence electrons. The largest absolute Gasteiger partial charge is 0.357 e. The van der Waals surface area contributed by atoms with E-state index in [4.69, 9.17) is 4.99 Å². The second-order valence-electron chi connectivity index (χ2n) is 7.41. The first kappa shape index (κ1) is 16.1. The number of hydrogen-bond acceptors (Lipinski definition) is 2. The molecular weight excluding hydrogens is 272 g/mol. The summed E-state index contributed by atoms with van der Waals surface area (Å²) in [5.74, 6) is 2.04. The number of hydrogen-bond donors (Lipinski definition) is 2. The molecule has 0 unspecified atom stereocenters. The van der Waals surface area contributed by atoms with Crippen LogP contribution in [0.3, 0.4) is 0 Å². The van der Waals surface area contributed by atoms with Gasteiger partial charge in [-0.15, -0.1) is 0 Å². The van der Waals surface area contributed by atoms with Gasteiger partial charge in [0.1, 0.15) is 0 Å². The fourth-order valence-electron chi connectivity index (χ4n) is 3.55. The van der Waals surface area contributed by atoms with Gasteiger partial charge in [0.15, 0.2) is 5.96 Å². The minimum absolute atomic E-state index is 0.637. The molecule has 0 bridgehead atoms. The number of nitrogens with one attached hydrogen (secondary N) is 2. The maximum Gasteiger partial charge on any atom is 0.191 e. The van der Waals surface area contributed by atoms with E-state index < -0.39 is 0 Å². The third-order valence-corrected chi connectivity index (χ3v) is 5.20. The lowest BCUT2D eigenvalue weighted by atomic mass is 9.96. The van der Waals surface area contributed by atoms with Crippen LogP contribution in [0.15, 0.2) is 4.99 Å². The van der Waals surface area contributed by atoms with Crippen LogP contribution in [0.5, 0.6) is 0 Å². The zero-order valence-electron chi connectivity index (χ0n) is 14.3. The smallest absolute Gasteiger partial charge is 0.191 e. The molecule has 0 heterocycles. The van der Waals surface area contributed by atoms with E-state index in [2.05, 4.69) is 22.5 Å². The highest BCUT2D eigenvalue weighted by molar-refractivity contribution is 5.80. The molecule has 4 nitrogen and oxygen atoms in total. The Balaban J connectivity index is 1.43. The summed E-state index contributed by atoms with van der Waals surface area (Å²) in [6, 6.07) is 1.52. The Morgan fingerprint density at radius 3 is 2.45 bits per heavy atom. The zero-order chi connectivity index (χ0) is 15.2. The molecule has 0 saturated heterocycles. The van der Waals surface area contributed by atoms with Crippen molar-refractivity contribution in [3.63, 3.8) is 0 Å². The standard InChI is InChI=1S/C18H34N4/c1-2-19-18(21-16-6-4-3-5-7-16)20-12-13-22(17-10-11-17)14-15-8-9-15/h15-17H,2-14H2,1H3,(H2,19,20,21). The van der Waals surface area contributed by atoms with E-state index >= 15 is 0 Å². The number of rotatable bonds is 8. The Bertz CT molecular complexity index is 354. The molecule has 0 radical (unpaired) electrons. The van der Waals surface area contributed by atoms with Gasteiger partial charge in [-0.3, -0.25) is 9.89 Å². The van der Waals surface area contributed by atoms with Gasteiger partial charge in [-0.2, -0.15) is 0 Å². The first-order valence-corrected chi connectivity index (χ1v) is 9.64. The Kier molecular flexibility index (Phi) is 5.99. The van der Waals surface area contributed by atoms with Crippen LogP contribution in [0.2, 0.25) is 0 Å². The highest BCUT2D eigenvalue weighted by Crippen LogP contribution is 2.34. The van der Waals surface area contributed by atoms with Crippen LogP contribution in [0, 0.1) is 5.92 Å². The summed E-state index contributed by atoms with van der Waals surface area (Å²) in [4.78, 5) is 7.54. The van der Waals surface area contributed by atoms with Crippen LogP contribution in [0.25, 0.3) is 0 Å². The van der Waals surface area contributed by atoms with Crippen molar-refractivity contribution in [1.82, 2.24) is 15.5 Å². The molecule has 3 fully saturated rings. The highest BCUT2D eigenvalue weighted by Gasteiger charge is 2.33. The van der Waals surface area contributed by atoms with Crippen LogP contribution in [-0.4, -0.2) is 49.1 Å². The van der Waals surface area contributed by atoms with Gasteiger partial charge in [0, 0.05) is 31.7 Å². The van der Waals surface area contributed by atoms with E-state index in [1.807, 2.05) is 0 Å². The minimum atomic E-state index is 0.637. The average Bonchev–Trinajstić information content (AvgIpc) is 3.40. The number of guanidine groups is 1. The molecule has 22 heavy (non-hydrogen) atoms. The summed E-state index contributed by atoms with van der Waals surface area (Å²) in [5.41, 5.74) is 0. The van der Waals surface area contributed by atoms with Crippen LogP contribution in [0.1, 0.15) is 64.7 Å². The van der Waals surface area contributed by atoms with E-state index in [1.165, 1.54) is 64.3 Å². The molecule has 0 spiro atoms. The quantitative estimate of drug-likeness (QED) is 0.535. The normalized spacial score (nSPS) is 23.8. The minimum Gasteiger partial charge on any atom is -0.357 e. The fourth-order valence-corrected chi connectivity index (χ4v) is 3.55. The topological polar surface area (TPSA) is 39.7 Å². The Morgan fingerprint density at radius 2 is 1.82 bits per heavy atom. The summed E-state index contributed by atoms with van der Waals surface area (Å²) in [5, 5.41) is 7.07. The molecule has 0 aliphatic heterocycles. The summed E-state index contributed by atoms with van der Waals surface area (Å²) in [6.07, 6.45) is 12.5. The van der Waals surface area contributed by atoms with Crippen molar-refractivity contribution in [2.45, 2.75) is 76.8 Å². The van der Waals surface area contributed by atoms with Gasteiger partial charge in [-0.05, 0) is 51.4 Å². The molecule has 3 aliphatic rings. The summed E-state index contributed by atoms with van der Waals surface area (Å²) in [6.45, 7) is 6.51. The summed E-state index contributed by atoms with van der Waals surface area (Å²) < 4.78 is 0. The SMILES string of the molecule is CCNC(=NCCN(CC1CC1)C1CC1)NC1CCCCC1. The lowest BCUT2D eigenvalue weighted by Crippen LogP contribution is -2.44. The van der Waals surface area contributed by atoms with Gasteiger partial charge in [0.2, 0.25) is 0 Å². The van der Waals surface area contributed by atoms with Crippen molar-refractivity contribution in [2.24, 2.45) is 10.9 Å². The maximum absolute atomic E-state index is 4.84. The molecule has 2 N–H and O–H groups in total. The van der Waals surface area contributed by atoms with Gasteiger partial charge >= 0.3 is 0 Å². The maximum atomic E-state index is 4.84. The van der Waals surface area contributed by atoms with Crippen LogP contribution in [-0.2, 0) is 0 Å². The lowest BCUT2D eigenvalue weighted by molar-refractivity contribution is 0.260. The number of nitrogens with zero attached hydrogens (tertiary/aromatic N) is 2. The third-order valence-electron chi connectivity index (χ3n) is 5.20. The van der Waals surface area contributed by atoms with E-state index in [9.17, 15) is 0 Å². The predicted octanol–water partition coefficient (Wildman–Crippen LogP) is 2.75. The van der Waals surface area contributed by atoms with E-state index in [0.717, 1.165) is 37.6 Å². The molecule has 0 aromatic carbocycles. The monoisotopic (exact) mass is 306 g/mol. The van der Waals surface area contributed by atoms with Gasteiger partial charge in [0.05, 0.1) is 6.54 Å². The van der Waals surface area contributed by atoms with Gasteiger partial charge < -0.3 is 10.6 Å². The molecule has 3 saturated carbocycles. The molecule has 0 aromatic rings. The molecule has 0 aromatic heterocycles. The van der Waals surface area contributed by atoms with Crippen molar-refractivity contribution >= 4 is 5.96 Å². The number of aliphatic imine (C=N–C) groups is 1. The molecular formula is C18H34N4. The second-order valence-corrected chi connectivity index (χ2v) is 7.41.